The molecule has 0 radical (unpaired) electrons. The number of methoxy groups -OCH3 is 1. The number of carbonyl (C=O) groups is 1. The second-order valence-corrected chi connectivity index (χ2v) is 6.58. The molecule has 7 nitrogen and oxygen atoms in total. The van der Waals surface area contributed by atoms with Crippen LogP contribution in [0.2, 0.25) is 5.02 Å². The molecule has 0 unspecified atom stereocenters. The molecule has 0 aliphatic rings. The van der Waals surface area contributed by atoms with Crippen molar-refractivity contribution in [3.05, 3.63) is 59.6 Å². The molecule has 0 saturated heterocycles. The lowest BCUT2D eigenvalue weighted by atomic mass is 10.1. The lowest BCUT2D eigenvalue weighted by Crippen LogP contribution is -2.19. The van der Waals surface area contributed by atoms with E-state index in [4.69, 9.17) is 20.8 Å². The number of benzene rings is 1. The molecule has 4 rings (SSSR count). The number of aromatic nitrogens is 3. The monoisotopic (exact) mass is 396 g/mol. The number of nitrogens with one attached hydrogen (secondary N) is 1. The summed E-state index contributed by atoms with van der Waals surface area (Å²) < 4.78 is 12.2. The summed E-state index contributed by atoms with van der Waals surface area (Å²) in [7, 11) is 1.54. The first-order valence-corrected chi connectivity index (χ1v) is 8.94. The minimum Gasteiger partial charge on any atom is -0.495 e. The first kappa shape index (κ1) is 18.1. The van der Waals surface area contributed by atoms with Crippen molar-refractivity contribution in [1.29, 1.82) is 0 Å². The van der Waals surface area contributed by atoms with Gasteiger partial charge < -0.3 is 14.5 Å². The Hall–Kier alpha value is -3.32. The van der Waals surface area contributed by atoms with Gasteiger partial charge in [0.1, 0.15) is 18.1 Å². The highest BCUT2D eigenvalue weighted by atomic mass is 35.5. The second kappa shape index (κ2) is 7.36. The Morgan fingerprint density at radius 1 is 1.32 bits per heavy atom. The topological polar surface area (TPSA) is 82.2 Å². The normalized spacial score (nSPS) is 11.0. The van der Waals surface area contributed by atoms with Crippen LogP contribution in [0.4, 0.5) is 5.69 Å². The van der Waals surface area contributed by atoms with E-state index >= 15 is 0 Å². The summed E-state index contributed by atoms with van der Waals surface area (Å²) in [5, 5.41) is 8.59. The van der Waals surface area contributed by atoms with E-state index in [2.05, 4.69) is 15.4 Å². The summed E-state index contributed by atoms with van der Waals surface area (Å²) in [6.45, 7) is 1.90. The highest BCUT2D eigenvalue weighted by Gasteiger charge is 2.17. The maximum Gasteiger partial charge on any atom is 0.246 e. The van der Waals surface area contributed by atoms with Gasteiger partial charge >= 0.3 is 0 Å². The molecule has 0 atom stereocenters. The predicted molar refractivity (Wildman–Crippen MR) is 107 cm³/mol. The summed E-state index contributed by atoms with van der Waals surface area (Å²) in [6, 6.07) is 10.6. The molecular formula is C20H17ClN4O3. The number of nitrogens with zero attached hydrogens (tertiary/aromatic N) is 3. The Morgan fingerprint density at radius 2 is 2.18 bits per heavy atom. The lowest BCUT2D eigenvalue weighted by molar-refractivity contribution is -0.116. The van der Waals surface area contributed by atoms with Gasteiger partial charge in [-0.2, -0.15) is 5.10 Å². The molecule has 1 aromatic carbocycles. The number of pyridine rings is 1. The van der Waals surface area contributed by atoms with Gasteiger partial charge in [-0.1, -0.05) is 11.6 Å². The fourth-order valence-corrected chi connectivity index (χ4v) is 3.37. The first-order chi connectivity index (χ1) is 13.6. The number of ether oxygens (including phenoxy) is 1. The van der Waals surface area contributed by atoms with Crippen LogP contribution in [0.3, 0.4) is 0 Å². The van der Waals surface area contributed by atoms with E-state index in [-0.39, 0.29) is 12.5 Å². The van der Waals surface area contributed by atoms with Gasteiger partial charge in [0.25, 0.3) is 0 Å². The summed E-state index contributed by atoms with van der Waals surface area (Å²) in [5.41, 5.74) is 2.86. The van der Waals surface area contributed by atoms with Crippen LogP contribution in [0, 0.1) is 6.92 Å². The Balaban J connectivity index is 1.61. The van der Waals surface area contributed by atoms with Crippen LogP contribution in [0.25, 0.3) is 22.4 Å². The number of furan rings is 1. The number of fused-ring (bicyclic) bond motifs is 1. The molecule has 0 spiro atoms. The van der Waals surface area contributed by atoms with Crippen molar-refractivity contribution in [3.8, 4) is 17.1 Å². The van der Waals surface area contributed by atoms with Crippen molar-refractivity contribution < 1.29 is 13.9 Å². The number of anilines is 1. The van der Waals surface area contributed by atoms with Crippen LogP contribution >= 0.6 is 11.6 Å². The van der Waals surface area contributed by atoms with Gasteiger partial charge in [-0.05, 0) is 43.3 Å². The van der Waals surface area contributed by atoms with Gasteiger partial charge in [0.2, 0.25) is 5.91 Å². The van der Waals surface area contributed by atoms with E-state index in [1.54, 1.807) is 35.3 Å². The van der Waals surface area contributed by atoms with Gasteiger partial charge in [0.15, 0.2) is 5.65 Å². The van der Waals surface area contributed by atoms with Crippen molar-refractivity contribution in [1.82, 2.24) is 14.8 Å². The zero-order chi connectivity index (χ0) is 19.7. The number of rotatable bonds is 5. The molecule has 4 aromatic rings. The lowest BCUT2D eigenvalue weighted by Gasteiger charge is -2.08. The third-order valence-electron chi connectivity index (χ3n) is 4.32. The third kappa shape index (κ3) is 3.32. The fraction of sp³-hybridized carbons (Fsp3) is 0.150. The molecule has 3 heterocycles. The number of amides is 1. The van der Waals surface area contributed by atoms with Crippen molar-refractivity contribution in [2.75, 3.05) is 12.4 Å². The van der Waals surface area contributed by atoms with Gasteiger partial charge in [-0.15, -0.1) is 0 Å². The highest BCUT2D eigenvalue weighted by molar-refractivity contribution is 6.32. The van der Waals surface area contributed by atoms with Gasteiger partial charge in [0, 0.05) is 17.4 Å². The fourth-order valence-electron chi connectivity index (χ4n) is 3.11. The van der Waals surface area contributed by atoms with E-state index in [0.717, 1.165) is 22.4 Å². The van der Waals surface area contributed by atoms with Crippen LogP contribution in [-0.2, 0) is 11.3 Å². The molecule has 0 saturated carbocycles. The minimum absolute atomic E-state index is 0.0165. The Morgan fingerprint density at radius 3 is 2.89 bits per heavy atom. The van der Waals surface area contributed by atoms with E-state index in [1.165, 1.54) is 7.11 Å². The number of hydrogen-bond donors (Lipinski definition) is 1. The number of hydrogen-bond acceptors (Lipinski definition) is 5. The number of aryl methyl sites for hydroxylation is 1. The van der Waals surface area contributed by atoms with Crippen LogP contribution < -0.4 is 10.1 Å². The van der Waals surface area contributed by atoms with Crippen molar-refractivity contribution in [3.63, 3.8) is 0 Å². The Labute approximate surface area is 165 Å². The largest absolute Gasteiger partial charge is 0.495 e. The number of carbonyl (C=O) groups excluding carboxylic acids is 1. The van der Waals surface area contributed by atoms with Gasteiger partial charge in [-0.25, -0.2) is 9.67 Å². The van der Waals surface area contributed by atoms with Crippen molar-refractivity contribution in [2.24, 2.45) is 0 Å². The quantitative estimate of drug-likeness (QED) is 0.543. The molecular weight excluding hydrogens is 380 g/mol. The first-order valence-electron chi connectivity index (χ1n) is 8.56. The average Bonchev–Trinajstić information content (AvgIpc) is 3.31. The van der Waals surface area contributed by atoms with Gasteiger partial charge in [0.05, 0.1) is 29.5 Å². The van der Waals surface area contributed by atoms with E-state index in [9.17, 15) is 4.79 Å². The molecule has 0 aliphatic carbocycles. The maximum atomic E-state index is 12.5. The molecule has 8 heteroatoms. The number of halogens is 1. The van der Waals surface area contributed by atoms with E-state index < -0.39 is 0 Å². The smallest absolute Gasteiger partial charge is 0.246 e. The summed E-state index contributed by atoms with van der Waals surface area (Å²) in [5.74, 6) is 1.03. The van der Waals surface area contributed by atoms with E-state index in [1.807, 2.05) is 25.1 Å². The minimum atomic E-state index is -0.240. The Kier molecular flexibility index (Phi) is 4.75. The van der Waals surface area contributed by atoms with E-state index in [0.29, 0.717) is 22.1 Å². The highest BCUT2D eigenvalue weighted by Crippen LogP contribution is 2.30. The van der Waals surface area contributed by atoms with Crippen molar-refractivity contribution >= 4 is 34.2 Å². The maximum absolute atomic E-state index is 12.5. The molecule has 3 aromatic heterocycles. The van der Waals surface area contributed by atoms with Crippen LogP contribution in [0.15, 0.2) is 53.3 Å². The SMILES string of the molecule is COc1ccc(NC(=O)Cn2nc(C)c3c(-c4ccco4)ccnc32)cc1Cl. The second-order valence-electron chi connectivity index (χ2n) is 6.17. The molecule has 0 bridgehead atoms. The average molecular weight is 397 g/mol. The molecule has 1 N–H and O–H groups in total. The molecule has 142 valence electrons. The molecule has 1 amide bonds. The Bertz CT molecular complexity index is 1150. The van der Waals surface area contributed by atoms with Gasteiger partial charge in [-0.3, -0.25) is 4.79 Å². The molecule has 28 heavy (non-hydrogen) atoms. The zero-order valence-electron chi connectivity index (χ0n) is 15.3. The zero-order valence-corrected chi connectivity index (χ0v) is 16.0. The summed E-state index contributed by atoms with van der Waals surface area (Å²) >= 11 is 6.11. The molecule has 0 aliphatic heterocycles. The summed E-state index contributed by atoms with van der Waals surface area (Å²) in [4.78, 5) is 16.9. The van der Waals surface area contributed by atoms with Crippen molar-refractivity contribution in [2.45, 2.75) is 13.5 Å². The summed E-state index contributed by atoms with van der Waals surface area (Å²) in [6.07, 6.45) is 3.30. The van der Waals surface area contributed by atoms with Crippen LogP contribution in [-0.4, -0.2) is 27.8 Å². The molecule has 0 fully saturated rings. The van der Waals surface area contributed by atoms with Crippen LogP contribution in [0.1, 0.15) is 5.69 Å². The third-order valence-corrected chi connectivity index (χ3v) is 4.62. The predicted octanol–water partition coefficient (Wildman–Crippen LogP) is 4.30. The standard InChI is InChI=1S/C20H17ClN4O3/c1-12-19-14(16-4-3-9-28-16)7-8-22-20(19)25(24-12)11-18(26)23-13-5-6-17(27-2)15(21)10-13/h3-10H,11H2,1-2H3,(H,23,26). The van der Waals surface area contributed by atoms with Crippen LogP contribution in [0.5, 0.6) is 5.75 Å².